The van der Waals surface area contributed by atoms with Crippen LogP contribution in [0.5, 0.6) is 5.75 Å². The van der Waals surface area contributed by atoms with Gasteiger partial charge in [-0.3, -0.25) is 9.52 Å². The fourth-order valence-electron chi connectivity index (χ4n) is 1.53. The zero-order chi connectivity index (χ0) is 15.5. The maximum atomic E-state index is 12.2. The van der Waals surface area contributed by atoms with Crippen molar-refractivity contribution in [2.24, 2.45) is 0 Å². The third-order valence-electron chi connectivity index (χ3n) is 2.45. The Morgan fingerprint density at radius 1 is 1.48 bits per heavy atom. The summed E-state index contributed by atoms with van der Waals surface area (Å²) in [6, 6.07) is 6.00. The highest BCUT2D eigenvalue weighted by atomic mass is 32.2. The van der Waals surface area contributed by atoms with Crippen molar-refractivity contribution in [2.45, 2.75) is 11.3 Å². The second kappa shape index (κ2) is 6.10. The fraction of sp³-hybridized carbons (Fsp3) is 0.167. The lowest BCUT2D eigenvalue weighted by Gasteiger charge is -2.06. The Labute approximate surface area is 125 Å². The van der Waals surface area contributed by atoms with Crippen LogP contribution in [0.3, 0.4) is 0 Å². The van der Waals surface area contributed by atoms with Crippen molar-refractivity contribution in [1.82, 2.24) is 4.98 Å². The lowest BCUT2D eigenvalue weighted by atomic mass is 10.3. The number of hydrogen-bond donors (Lipinski definition) is 2. The van der Waals surface area contributed by atoms with Crippen molar-refractivity contribution < 1.29 is 23.1 Å². The molecule has 0 aliphatic rings. The number of nitrogens with one attached hydrogen (secondary N) is 1. The number of thiazole rings is 1. The number of carboxylic acids is 1. The zero-order valence-electron chi connectivity index (χ0n) is 10.9. The minimum atomic E-state index is -3.79. The summed E-state index contributed by atoms with van der Waals surface area (Å²) in [7, 11) is -2.35. The average Bonchev–Trinajstić information content (AvgIpc) is 2.84. The molecule has 0 aliphatic heterocycles. The molecule has 1 aromatic carbocycles. The summed E-state index contributed by atoms with van der Waals surface area (Å²) >= 11 is 0.979. The van der Waals surface area contributed by atoms with Gasteiger partial charge >= 0.3 is 5.97 Å². The Kier molecular flexibility index (Phi) is 4.43. The minimum absolute atomic E-state index is 0.0387. The number of ether oxygens (including phenoxy) is 1. The quantitative estimate of drug-likeness (QED) is 0.834. The predicted molar refractivity (Wildman–Crippen MR) is 77.3 cm³/mol. The van der Waals surface area contributed by atoms with E-state index in [1.165, 1.54) is 25.4 Å². The largest absolute Gasteiger partial charge is 0.497 e. The third kappa shape index (κ3) is 3.92. The molecule has 0 aliphatic carbocycles. The molecule has 1 aromatic heterocycles. The average molecular weight is 328 g/mol. The first-order valence-electron chi connectivity index (χ1n) is 5.74. The second-order valence-corrected chi connectivity index (χ2v) is 6.78. The zero-order valence-corrected chi connectivity index (χ0v) is 12.6. The van der Waals surface area contributed by atoms with Crippen LogP contribution in [0.2, 0.25) is 0 Å². The van der Waals surface area contributed by atoms with Crippen molar-refractivity contribution in [3.63, 3.8) is 0 Å². The maximum absolute atomic E-state index is 12.2. The molecule has 0 fully saturated rings. The molecule has 1 heterocycles. The van der Waals surface area contributed by atoms with E-state index in [0.29, 0.717) is 10.6 Å². The normalized spacial score (nSPS) is 11.1. The van der Waals surface area contributed by atoms with Gasteiger partial charge in [0.25, 0.3) is 10.0 Å². The molecule has 0 spiro atoms. The van der Waals surface area contributed by atoms with Gasteiger partial charge in [0.15, 0.2) is 5.13 Å². The van der Waals surface area contributed by atoms with Gasteiger partial charge in [-0.2, -0.15) is 0 Å². The lowest BCUT2D eigenvalue weighted by Crippen LogP contribution is -2.12. The molecule has 0 atom stereocenters. The van der Waals surface area contributed by atoms with Crippen LogP contribution in [0.1, 0.15) is 4.88 Å². The summed E-state index contributed by atoms with van der Waals surface area (Å²) in [5.41, 5.74) is 0. The molecule has 0 bridgehead atoms. The van der Waals surface area contributed by atoms with E-state index >= 15 is 0 Å². The molecule has 0 unspecified atom stereocenters. The van der Waals surface area contributed by atoms with Crippen LogP contribution in [0.15, 0.2) is 35.4 Å². The van der Waals surface area contributed by atoms with Crippen molar-refractivity contribution >= 4 is 32.5 Å². The Bertz CT molecular complexity index is 755. The monoisotopic (exact) mass is 328 g/mol. The molecule has 21 heavy (non-hydrogen) atoms. The van der Waals surface area contributed by atoms with E-state index in [4.69, 9.17) is 9.84 Å². The molecule has 2 rings (SSSR count). The first-order chi connectivity index (χ1) is 9.90. The van der Waals surface area contributed by atoms with Crippen molar-refractivity contribution in [2.75, 3.05) is 11.8 Å². The van der Waals surface area contributed by atoms with Crippen LogP contribution in [0, 0.1) is 0 Å². The number of methoxy groups -OCH3 is 1. The van der Waals surface area contributed by atoms with Gasteiger partial charge in [0, 0.05) is 17.1 Å². The van der Waals surface area contributed by atoms with Crippen LogP contribution in [-0.4, -0.2) is 31.6 Å². The van der Waals surface area contributed by atoms with Gasteiger partial charge in [-0.25, -0.2) is 13.4 Å². The number of aliphatic carboxylic acids is 1. The fourth-order valence-corrected chi connectivity index (χ4v) is 3.61. The van der Waals surface area contributed by atoms with Crippen molar-refractivity contribution in [3.05, 3.63) is 35.3 Å². The Balaban J connectivity index is 2.20. The SMILES string of the molecule is COc1cccc(S(=O)(=O)Nc2ncc(CC(=O)O)s2)c1. The third-order valence-corrected chi connectivity index (χ3v) is 4.83. The highest BCUT2D eigenvalue weighted by Gasteiger charge is 2.17. The van der Waals surface area contributed by atoms with Crippen LogP contribution >= 0.6 is 11.3 Å². The van der Waals surface area contributed by atoms with Gasteiger partial charge in [0.1, 0.15) is 5.75 Å². The number of rotatable bonds is 6. The first-order valence-corrected chi connectivity index (χ1v) is 8.04. The molecule has 2 N–H and O–H groups in total. The van der Waals surface area contributed by atoms with Gasteiger partial charge in [-0.1, -0.05) is 6.07 Å². The van der Waals surface area contributed by atoms with E-state index in [2.05, 4.69) is 9.71 Å². The molecule has 2 aromatic rings. The van der Waals surface area contributed by atoms with E-state index in [1.807, 2.05) is 0 Å². The molecular formula is C12H12N2O5S2. The number of anilines is 1. The van der Waals surface area contributed by atoms with Crippen molar-refractivity contribution in [3.8, 4) is 5.75 Å². The standard InChI is InChI=1S/C12H12N2O5S2/c1-19-8-3-2-4-10(5-8)21(17,18)14-12-13-7-9(20-12)6-11(15)16/h2-5,7H,6H2,1H3,(H,13,14)(H,15,16). The summed E-state index contributed by atoms with van der Waals surface area (Å²) in [5, 5.41) is 8.79. The number of hydrogen-bond acceptors (Lipinski definition) is 6. The number of benzene rings is 1. The van der Waals surface area contributed by atoms with E-state index in [9.17, 15) is 13.2 Å². The molecule has 112 valence electrons. The molecule has 0 saturated carbocycles. The van der Waals surface area contributed by atoms with Crippen molar-refractivity contribution in [1.29, 1.82) is 0 Å². The summed E-state index contributed by atoms with van der Waals surface area (Å²) in [6.07, 6.45) is 1.14. The summed E-state index contributed by atoms with van der Waals surface area (Å²) in [6.45, 7) is 0. The highest BCUT2D eigenvalue weighted by Crippen LogP contribution is 2.23. The number of aromatic nitrogens is 1. The Morgan fingerprint density at radius 2 is 2.24 bits per heavy atom. The molecule has 9 heteroatoms. The number of carboxylic acid groups (broad SMARTS) is 1. The topological polar surface area (TPSA) is 106 Å². The van der Waals surface area contributed by atoms with Crippen LogP contribution in [-0.2, 0) is 21.2 Å². The molecular weight excluding hydrogens is 316 g/mol. The molecule has 0 amide bonds. The minimum Gasteiger partial charge on any atom is -0.497 e. The van der Waals surface area contributed by atoms with Gasteiger partial charge in [-0.15, -0.1) is 11.3 Å². The molecule has 0 radical (unpaired) electrons. The van der Waals surface area contributed by atoms with E-state index in [-0.39, 0.29) is 16.4 Å². The smallest absolute Gasteiger partial charge is 0.308 e. The van der Waals surface area contributed by atoms with E-state index < -0.39 is 16.0 Å². The Morgan fingerprint density at radius 3 is 2.90 bits per heavy atom. The van der Waals surface area contributed by atoms with Gasteiger partial charge in [0.05, 0.1) is 18.4 Å². The second-order valence-electron chi connectivity index (χ2n) is 3.99. The van der Waals surface area contributed by atoms with Crippen LogP contribution in [0.4, 0.5) is 5.13 Å². The molecule has 0 saturated heterocycles. The number of nitrogens with zero attached hydrogens (tertiary/aromatic N) is 1. The number of carbonyl (C=O) groups is 1. The van der Waals surface area contributed by atoms with Crippen LogP contribution < -0.4 is 9.46 Å². The summed E-state index contributed by atoms with van der Waals surface area (Å²) in [5.74, 6) is -0.579. The van der Waals surface area contributed by atoms with Gasteiger partial charge < -0.3 is 9.84 Å². The van der Waals surface area contributed by atoms with E-state index in [1.54, 1.807) is 12.1 Å². The van der Waals surface area contributed by atoms with Gasteiger partial charge in [0.2, 0.25) is 0 Å². The highest BCUT2D eigenvalue weighted by molar-refractivity contribution is 7.93. The van der Waals surface area contributed by atoms with E-state index in [0.717, 1.165) is 11.3 Å². The number of sulfonamides is 1. The summed E-state index contributed by atoms with van der Waals surface area (Å²) in [4.78, 5) is 14.9. The first kappa shape index (κ1) is 15.3. The lowest BCUT2D eigenvalue weighted by molar-refractivity contribution is -0.136. The van der Waals surface area contributed by atoms with Gasteiger partial charge in [-0.05, 0) is 12.1 Å². The predicted octanol–water partition coefficient (Wildman–Crippen LogP) is 1.58. The molecule has 7 nitrogen and oxygen atoms in total. The Hall–Kier alpha value is -2.13. The maximum Gasteiger partial charge on any atom is 0.308 e. The van der Waals surface area contributed by atoms with Crippen LogP contribution in [0.25, 0.3) is 0 Å². The summed E-state index contributed by atoms with van der Waals surface area (Å²) < 4.78 is 31.7.